The molecule has 3 aliphatic rings. The highest BCUT2D eigenvalue weighted by Crippen LogP contribution is 2.33. The van der Waals surface area contributed by atoms with Crippen LogP contribution in [0.25, 0.3) is 0 Å². The van der Waals surface area contributed by atoms with Crippen LogP contribution >= 0.6 is 0 Å². The summed E-state index contributed by atoms with van der Waals surface area (Å²) in [6.07, 6.45) is 7.39. The summed E-state index contributed by atoms with van der Waals surface area (Å²) in [5.74, 6) is 0. The van der Waals surface area contributed by atoms with Crippen LogP contribution < -0.4 is 5.43 Å². The van der Waals surface area contributed by atoms with Crippen molar-refractivity contribution in [2.45, 2.75) is 50.2 Å². The van der Waals surface area contributed by atoms with Gasteiger partial charge < -0.3 is 9.47 Å². The SMILES string of the molecule is C1CCN(NC2CCOC3(CCOC3)C2)CC1. The molecular formula is C13H24N2O2. The molecule has 0 radical (unpaired) electrons. The number of ether oxygens (including phenoxy) is 2. The van der Waals surface area contributed by atoms with Gasteiger partial charge in [0.05, 0.1) is 12.2 Å². The van der Waals surface area contributed by atoms with Crippen LogP contribution in [-0.4, -0.2) is 49.6 Å². The van der Waals surface area contributed by atoms with Gasteiger partial charge in [0.15, 0.2) is 0 Å². The first-order valence-electron chi connectivity index (χ1n) is 7.09. The molecule has 3 rings (SSSR count). The van der Waals surface area contributed by atoms with Crippen molar-refractivity contribution in [1.29, 1.82) is 0 Å². The van der Waals surface area contributed by atoms with E-state index in [1.54, 1.807) is 0 Å². The van der Waals surface area contributed by atoms with Crippen LogP contribution in [0, 0.1) is 0 Å². The van der Waals surface area contributed by atoms with Crippen LogP contribution in [0.4, 0.5) is 0 Å². The van der Waals surface area contributed by atoms with E-state index in [9.17, 15) is 0 Å². The van der Waals surface area contributed by atoms with Crippen molar-refractivity contribution in [2.75, 3.05) is 32.9 Å². The topological polar surface area (TPSA) is 33.7 Å². The number of hydrazine groups is 1. The van der Waals surface area contributed by atoms with Crippen LogP contribution in [0.2, 0.25) is 0 Å². The molecule has 98 valence electrons. The average Bonchev–Trinajstić information content (AvgIpc) is 2.79. The summed E-state index contributed by atoms with van der Waals surface area (Å²) < 4.78 is 11.5. The van der Waals surface area contributed by atoms with Crippen molar-refractivity contribution in [3.05, 3.63) is 0 Å². The normalized spacial score (nSPS) is 39.9. The highest BCUT2D eigenvalue weighted by atomic mass is 16.6. The molecule has 0 amide bonds. The Balaban J connectivity index is 1.52. The first kappa shape index (κ1) is 11.9. The molecule has 4 nitrogen and oxygen atoms in total. The van der Waals surface area contributed by atoms with Gasteiger partial charge in [-0.25, -0.2) is 5.01 Å². The van der Waals surface area contributed by atoms with Crippen LogP contribution in [0.3, 0.4) is 0 Å². The van der Waals surface area contributed by atoms with Crippen LogP contribution in [0.15, 0.2) is 0 Å². The van der Waals surface area contributed by atoms with Crippen molar-refractivity contribution in [3.63, 3.8) is 0 Å². The predicted molar refractivity (Wildman–Crippen MR) is 65.7 cm³/mol. The molecule has 0 aliphatic carbocycles. The molecule has 2 atom stereocenters. The fourth-order valence-corrected chi connectivity index (χ4v) is 3.28. The van der Waals surface area contributed by atoms with Crippen LogP contribution in [-0.2, 0) is 9.47 Å². The molecule has 0 aromatic rings. The van der Waals surface area contributed by atoms with E-state index in [-0.39, 0.29) is 5.60 Å². The summed E-state index contributed by atoms with van der Waals surface area (Å²) in [5.41, 5.74) is 3.74. The van der Waals surface area contributed by atoms with E-state index in [1.807, 2.05) is 0 Å². The second kappa shape index (κ2) is 5.22. The number of hydrogen-bond donors (Lipinski definition) is 1. The van der Waals surface area contributed by atoms with Crippen molar-refractivity contribution < 1.29 is 9.47 Å². The molecule has 3 saturated heterocycles. The molecule has 17 heavy (non-hydrogen) atoms. The van der Waals surface area contributed by atoms with Crippen molar-refractivity contribution in [2.24, 2.45) is 0 Å². The first-order valence-corrected chi connectivity index (χ1v) is 7.09. The summed E-state index contributed by atoms with van der Waals surface area (Å²) in [4.78, 5) is 0. The fourth-order valence-electron chi connectivity index (χ4n) is 3.28. The Labute approximate surface area is 104 Å². The zero-order valence-electron chi connectivity index (χ0n) is 10.6. The highest BCUT2D eigenvalue weighted by molar-refractivity contribution is 4.92. The summed E-state index contributed by atoms with van der Waals surface area (Å²) in [7, 11) is 0. The smallest absolute Gasteiger partial charge is 0.0952 e. The second-order valence-electron chi connectivity index (χ2n) is 5.70. The van der Waals surface area contributed by atoms with Gasteiger partial charge in [-0.1, -0.05) is 6.42 Å². The Hall–Kier alpha value is -0.160. The van der Waals surface area contributed by atoms with Crippen LogP contribution in [0.1, 0.15) is 38.5 Å². The standard InChI is InChI=1S/C13H24N2O2/c1-2-6-15(7-3-1)14-12-4-8-17-13(10-12)5-9-16-11-13/h12,14H,1-11H2. The quantitative estimate of drug-likeness (QED) is 0.789. The molecule has 0 bridgehead atoms. The van der Waals surface area contributed by atoms with E-state index < -0.39 is 0 Å². The summed E-state index contributed by atoms with van der Waals surface area (Å²) >= 11 is 0. The number of nitrogens with one attached hydrogen (secondary N) is 1. The van der Waals surface area contributed by atoms with Crippen molar-refractivity contribution in [3.8, 4) is 0 Å². The maximum atomic E-state index is 5.96. The van der Waals surface area contributed by atoms with E-state index >= 15 is 0 Å². The summed E-state index contributed by atoms with van der Waals surface area (Å²) in [6, 6.07) is 0.587. The molecule has 0 saturated carbocycles. The molecule has 4 heteroatoms. The van der Waals surface area contributed by atoms with E-state index in [4.69, 9.17) is 9.47 Å². The van der Waals surface area contributed by atoms with Gasteiger partial charge in [0, 0.05) is 38.8 Å². The molecule has 2 unspecified atom stereocenters. The van der Waals surface area contributed by atoms with Crippen molar-refractivity contribution in [1.82, 2.24) is 10.4 Å². The Morgan fingerprint density at radius 3 is 2.76 bits per heavy atom. The molecule has 1 spiro atoms. The predicted octanol–water partition coefficient (Wildman–Crippen LogP) is 1.31. The summed E-state index contributed by atoms with van der Waals surface area (Å²) in [5, 5.41) is 2.42. The number of hydrogen-bond acceptors (Lipinski definition) is 4. The van der Waals surface area contributed by atoms with E-state index in [0.29, 0.717) is 6.04 Å². The van der Waals surface area contributed by atoms with Gasteiger partial charge in [0.2, 0.25) is 0 Å². The van der Waals surface area contributed by atoms with E-state index in [2.05, 4.69) is 10.4 Å². The van der Waals surface area contributed by atoms with Gasteiger partial charge in [0.1, 0.15) is 0 Å². The lowest BCUT2D eigenvalue weighted by molar-refractivity contribution is -0.0980. The first-order chi connectivity index (χ1) is 8.36. The number of rotatable bonds is 2. The van der Waals surface area contributed by atoms with E-state index in [1.165, 1.54) is 32.4 Å². The maximum Gasteiger partial charge on any atom is 0.0952 e. The lowest BCUT2D eigenvalue weighted by Gasteiger charge is -2.40. The van der Waals surface area contributed by atoms with Crippen LogP contribution in [0.5, 0.6) is 0 Å². The maximum absolute atomic E-state index is 5.96. The highest BCUT2D eigenvalue weighted by Gasteiger charge is 2.41. The minimum atomic E-state index is 0.0334. The molecule has 0 aromatic heterocycles. The molecule has 3 fully saturated rings. The Morgan fingerprint density at radius 1 is 1.12 bits per heavy atom. The zero-order chi connectivity index (χ0) is 11.6. The van der Waals surface area contributed by atoms with Gasteiger partial charge in [0.25, 0.3) is 0 Å². The van der Waals surface area contributed by atoms with Crippen molar-refractivity contribution >= 4 is 0 Å². The van der Waals surface area contributed by atoms with Gasteiger partial charge >= 0.3 is 0 Å². The minimum Gasteiger partial charge on any atom is -0.378 e. The average molecular weight is 240 g/mol. The van der Waals surface area contributed by atoms with Gasteiger partial charge in [-0.15, -0.1) is 0 Å². The lowest BCUT2D eigenvalue weighted by Crippen LogP contribution is -2.53. The van der Waals surface area contributed by atoms with Gasteiger partial charge in [-0.05, 0) is 25.7 Å². The zero-order valence-corrected chi connectivity index (χ0v) is 10.6. The number of piperidine rings is 1. The third-order valence-electron chi connectivity index (χ3n) is 4.28. The molecule has 3 aliphatic heterocycles. The third kappa shape index (κ3) is 2.81. The van der Waals surface area contributed by atoms with E-state index in [0.717, 1.165) is 39.1 Å². The third-order valence-corrected chi connectivity index (χ3v) is 4.28. The largest absolute Gasteiger partial charge is 0.378 e. The lowest BCUT2D eigenvalue weighted by atomic mass is 9.90. The molecule has 3 heterocycles. The fraction of sp³-hybridized carbons (Fsp3) is 1.00. The minimum absolute atomic E-state index is 0.0334. The Kier molecular flexibility index (Phi) is 3.66. The molecular weight excluding hydrogens is 216 g/mol. The monoisotopic (exact) mass is 240 g/mol. The summed E-state index contributed by atoms with van der Waals surface area (Å²) in [6.45, 7) is 4.97. The molecule has 0 aromatic carbocycles. The Bertz CT molecular complexity index is 248. The number of nitrogens with zero attached hydrogens (tertiary/aromatic N) is 1. The Morgan fingerprint density at radius 2 is 2.00 bits per heavy atom. The second-order valence-corrected chi connectivity index (χ2v) is 5.70. The van der Waals surface area contributed by atoms with Gasteiger partial charge in [-0.2, -0.15) is 0 Å². The van der Waals surface area contributed by atoms with Gasteiger partial charge in [-0.3, -0.25) is 5.43 Å². The molecule has 1 N–H and O–H groups in total.